The Kier molecular flexibility index (Phi) is 4.06. The number of carboxylic acids is 1. The Morgan fingerprint density at radius 2 is 2.26 bits per heavy atom. The molecule has 100 valence electrons. The van der Waals surface area contributed by atoms with Crippen LogP contribution in [0.4, 0.5) is 0 Å². The highest BCUT2D eigenvalue weighted by Crippen LogP contribution is 2.17. The summed E-state index contributed by atoms with van der Waals surface area (Å²) in [5.74, 6) is -0.129. The first-order valence-corrected chi connectivity index (χ1v) is 6.55. The van der Waals surface area contributed by atoms with E-state index in [1.165, 1.54) is 0 Å². The van der Waals surface area contributed by atoms with E-state index < -0.39 is 5.97 Å². The maximum atomic E-state index is 10.5. The van der Waals surface area contributed by atoms with E-state index in [0.717, 1.165) is 17.3 Å². The molecule has 0 amide bonds. The molecule has 0 fully saturated rings. The Balaban J connectivity index is 2.09. The molecule has 0 saturated carbocycles. The zero-order valence-corrected chi connectivity index (χ0v) is 11.1. The molecule has 0 saturated heterocycles. The molecule has 0 aliphatic rings. The molecule has 2 rings (SSSR count). The van der Waals surface area contributed by atoms with Gasteiger partial charge in [0.1, 0.15) is 5.75 Å². The van der Waals surface area contributed by atoms with Gasteiger partial charge in [0.05, 0.1) is 5.75 Å². The standard InChI is InChI=1S/C12H13N3O3S/c1-15-12(19-7-11(17)18)13-10(14-15)6-8-3-2-4-9(16)5-8/h2-5,16H,6-7H2,1H3,(H,17,18). The van der Waals surface area contributed by atoms with Crippen LogP contribution in [-0.4, -0.2) is 36.7 Å². The number of aliphatic carboxylic acids is 1. The fraction of sp³-hybridized carbons (Fsp3) is 0.250. The third kappa shape index (κ3) is 3.72. The Morgan fingerprint density at radius 3 is 2.95 bits per heavy atom. The molecule has 1 aromatic heterocycles. The van der Waals surface area contributed by atoms with Gasteiger partial charge in [0.25, 0.3) is 0 Å². The normalized spacial score (nSPS) is 10.6. The highest BCUT2D eigenvalue weighted by atomic mass is 32.2. The Labute approximate surface area is 114 Å². The number of aromatic hydroxyl groups is 1. The highest BCUT2D eigenvalue weighted by Gasteiger charge is 2.10. The van der Waals surface area contributed by atoms with E-state index in [4.69, 9.17) is 5.11 Å². The van der Waals surface area contributed by atoms with Gasteiger partial charge in [-0.1, -0.05) is 23.9 Å². The lowest BCUT2D eigenvalue weighted by atomic mass is 10.1. The van der Waals surface area contributed by atoms with E-state index in [1.54, 1.807) is 29.9 Å². The van der Waals surface area contributed by atoms with E-state index >= 15 is 0 Å². The minimum Gasteiger partial charge on any atom is -0.508 e. The van der Waals surface area contributed by atoms with Crippen LogP contribution in [0, 0.1) is 0 Å². The van der Waals surface area contributed by atoms with Gasteiger partial charge >= 0.3 is 5.97 Å². The Morgan fingerprint density at radius 1 is 1.47 bits per heavy atom. The van der Waals surface area contributed by atoms with Crippen molar-refractivity contribution in [2.75, 3.05) is 5.75 Å². The average molecular weight is 279 g/mol. The molecular weight excluding hydrogens is 266 g/mol. The second kappa shape index (κ2) is 5.75. The summed E-state index contributed by atoms with van der Waals surface area (Å²) in [5, 5.41) is 22.8. The summed E-state index contributed by atoms with van der Waals surface area (Å²) in [6.07, 6.45) is 0.496. The van der Waals surface area contributed by atoms with Crippen molar-refractivity contribution in [3.8, 4) is 5.75 Å². The molecule has 0 unspecified atom stereocenters. The van der Waals surface area contributed by atoms with Gasteiger partial charge in [0.2, 0.25) is 0 Å². The number of aryl methyl sites for hydroxylation is 1. The predicted molar refractivity (Wildman–Crippen MR) is 70.3 cm³/mol. The predicted octanol–water partition coefficient (Wildman–Crippen LogP) is 1.29. The van der Waals surface area contributed by atoms with E-state index in [9.17, 15) is 9.90 Å². The number of rotatable bonds is 5. The third-order valence-electron chi connectivity index (χ3n) is 2.36. The fourth-order valence-electron chi connectivity index (χ4n) is 1.60. The summed E-state index contributed by atoms with van der Waals surface area (Å²) >= 11 is 1.13. The third-order valence-corrected chi connectivity index (χ3v) is 3.37. The number of phenolic OH excluding ortho intramolecular Hbond substituents is 1. The smallest absolute Gasteiger partial charge is 0.313 e. The van der Waals surface area contributed by atoms with Crippen LogP contribution in [0.3, 0.4) is 0 Å². The topological polar surface area (TPSA) is 88.2 Å². The number of carboxylic acid groups (broad SMARTS) is 1. The first kappa shape index (κ1) is 13.4. The van der Waals surface area contributed by atoms with Gasteiger partial charge in [-0.15, -0.1) is 0 Å². The van der Waals surface area contributed by atoms with Crippen LogP contribution in [-0.2, 0) is 18.3 Å². The first-order chi connectivity index (χ1) is 9.04. The maximum Gasteiger partial charge on any atom is 0.313 e. The Bertz CT molecular complexity index is 598. The number of carbonyl (C=O) groups is 1. The molecule has 6 nitrogen and oxygen atoms in total. The van der Waals surface area contributed by atoms with Crippen molar-refractivity contribution < 1.29 is 15.0 Å². The van der Waals surface area contributed by atoms with Crippen molar-refractivity contribution in [1.82, 2.24) is 14.8 Å². The summed E-state index contributed by atoms with van der Waals surface area (Å²) < 4.78 is 1.56. The molecular formula is C12H13N3O3S. The summed E-state index contributed by atoms with van der Waals surface area (Å²) in [6, 6.07) is 6.89. The summed E-state index contributed by atoms with van der Waals surface area (Å²) in [4.78, 5) is 14.8. The number of phenols is 1. The van der Waals surface area contributed by atoms with Gasteiger partial charge in [0, 0.05) is 13.5 Å². The van der Waals surface area contributed by atoms with Gasteiger partial charge < -0.3 is 10.2 Å². The molecule has 0 atom stereocenters. The summed E-state index contributed by atoms with van der Waals surface area (Å²) in [5.41, 5.74) is 0.903. The number of hydrogen-bond acceptors (Lipinski definition) is 5. The van der Waals surface area contributed by atoms with E-state index in [0.29, 0.717) is 17.4 Å². The second-order valence-electron chi connectivity index (χ2n) is 3.96. The van der Waals surface area contributed by atoms with Crippen LogP contribution in [0.1, 0.15) is 11.4 Å². The van der Waals surface area contributed by atoms with Gasteiger partial charge in [0.15, 0.2) is 11.0 Å². The van der Waals surface area contributed by atoms with Crippen LogP contribution in [0.2, 0.25) is 0 Å². The molecule has 0 bridgehead atoms. The average Bonchev–Trinajstić information content (AvgIpc) is 2.67. The zero-order valence-electron chi connectivity index (χ0n) is 10.3. The first-order valence-electron chi connectivity index (χ1n) is 5.57. The minimum atomic E-state index is -0.887. The van der Waals surface area contributed by atoms with Crippen LogP contribution < -0.4 is 0 Å². The van der Waals surface area contributed by atoms with Crippen molar-refractivity contribution in [3.63, 3.8) is 0 Å². The number of benzene rings is 1. The van der Waals surface area contributed by atoms with Crippen LogP contribution in [0.5, 0.6) is 5.75 Å². The van der Waals surface area contributed by atoms with Crippen molar-refractivity contribution in [2.24, 2.45) is 7.05 Å². The SMILES string of the molecule is Cn1nc(Cc2cccc(O)c2)nc1SCC(=O)O. The van der Waals surface area contributed by atoms with Gasteiger partial charge in [-0.05, 0) is 17.7 Å². The van der Waals surface area contributed by atoms with Gasteiger partial charge in [-0.2, -0.15) is 5.10 Å². The lowest BCUT2D eigenvalue weighted by molar-refractivity contribution is -0.133. The van der Waals surface area contributed by atoms with Crippen molar-refractivity contribution in [2.45, 2.75) is 11.6 Å². The van der Waals surface area contributed by atoms with Gasteiger partial charge in [-0.25, -0.2) is 9.67 Å². The minimum absolute atomic E-state index is 0.0436. The van der Waals surface area contributed by atoms with Crippen molar-refractivity contribution >= 4 is 17.7 Å². The van der Waals surface area contributed by atoms with Crippen LogP contribution in [0.15, 0.2) is 29.4 Å². The number of nitrogens with zero attached hydrogens (tertiary/aromatic N) is 3. The Hall–Kier alpha value is -2.02. The molecule has 0 aliphatic carbocycles. The molecule has 1 heterocycles. The van der Waals surface area contributed by atoms with Gasteiger partial charge in [-0.3, -0.25) is 4.79 Å². The lowest BCUT2D eigenvalue weighted by Gasteiger charge is -1.97. The fourth-order valence-corrected chi connectivity index (χ4v) is 2.25. The lowest BCUT2D eigenvalue weighted by Crippen LogP contribution is -2.00. The van der Waals surface area contributed by atoms with Crippen molar-refractivity contribution in [1.29, 1.82) is 0 Å². The van der Waals surface area contributed by atoms with E-state index in [-0.39, 0.29) is 11.5 Å². The van der Waals surface area contributed by atoms with E-state index in [2.05, 4.69) is 10.1 Å². The summed E-state index contributed by atoms with van der Waals surface area (Å²) in [6.45, 7) is 0. The summed E-state index contributed by atoms with van der Waals surface area (Å²) in [7, 11) is 1.73. The van der Waals surface area contributed by atoms with Crippen LogP contribution in [0.25, 0.3) is 0 Å². The number of thioether (sulfide) groups is 1. The number of hydrogen-bond donors (Lipinski definition) is 2. The molecule has 7 heteroatoms. The maximum absolute atomic E-state index is 10.5. The largest absolute Gasteiger partial charge is 0.508 e. The molecule has 0 radical (unpaired) electrons. The quantitative estimate of drug-likeness (QED) is 0.802. The molecule has 19 heavy (non-hydrogen) atoms. The molecule has 0 spiro atoms. The second-order valence-corrected chi connectivity index (χ2v) is 4.91. The molecule has 0 aliphatic heterocycles. The molecule has 2 N–H and O–H groups in total. The monoisotopic (exact) mass is 279 g/mol. The highest BCUT2D eigenvalue weighted by molar-refractivity contribution is 7.99. The molecule has 1 aromatic carbocycles. The molecule has 2 aromatic rings. The zero-order chi connectivity index (χ0) is 13.8. The van der Waals surface area contributed by atoms with E-state index in [1.807, 2.05) is 6.07 Å². The number of aromatic nitrogens is 3. The van der Waals surface area contributed by atoms with Crippen LogP contribution >= 0.6 is 11.8 Å². The van der Waals surface area contributed by atoms with Crippen molar-refractivity contribution in [3.05, 3.63) is 35.7 Å².